The summed E-state index contributed by atoms with van der Waals surface area (Å²) < 4.78 is 0. The van der Waals surface area contributed by atoms with Crippen LogP contribution in [0.1, 0.15) is 29.3 Å². The molecule has 134 valence electrons. The summed E-state index contributed by atoms with van der Waals surface area (Å²) in [5, 5.41) is 10.4. The Hall–Kier alpha value is -2.41. The summed E-state index contributed by atoms with van der Waals surface area (Å²) in [6.45, 7) is 7.09. The van der Waals surface area contributed by atoms with E-state index in [-0.39, 0.29) is 11.8 Å². The van der Waals surface area contributed by atoms with Gasteiger partial charge in [-0.25, -0.2) is 4.98 Å². The molecule has 0 aliphatic heterocycles. The van der Waals surface area contributed by atoms with Crippen molar-refractivity contribution in [1.82, 2.24) is 15.6 Å². The number of amides is 1. The number of carbonyl (C=O) groups is 1. The quantitative estimate of drug-likeness (QED) is 0.547. The molecule has 0 aliphatic rings. The smallest absolute Gasteiger partial charge is 0.226 e. The second-order valence-electron chi connectivity index (χ2n) is 5.98. The molecule has 0 unspecified atom stereocenters. The average molecular weight is 359 g/mol. The van der Waals surface area contributed by atoms with Gasteiger partial charge in [-0.3, -0.25) is 9.79 Å². The number of aliphatic imine (C=N–C) groups is 1. The van der Waals surface area contributed by atoms with Gasteiger partial charge >= 0.3 is 0 Å². The summed E-state index contributed by atoms with van der Waals surface area (Å²) in [5.41, 5.74) is 1.92. The Bertz CT molecular complexity index is 721. The van der Waals surface area contributed by atoms with E-state index in [0.29, 0.717) is 13.1 Å². The van der Waals surface area contributed by atoms with Crippen molar-refractivity contribution in [2.24, 2.45) is 10.9 Å². The molecule has 2 aromatic rings. The second kappa shape index (κ2) is 9.17. The predicted octanol–water partition coefficient (Wildman–Crippen LogP) is 2.91. The zero-order valence-corrected chi connectivity index (χ0v) is 15.9. The van der Waals surface area contributed by atoms with E-state index in [1.54, 1.807) is 18.4 Å². The number of guanidine groups is 1. The first-order valence-corrected chi connectivity index (χ1v) is 9.05. The third-order valence-electron chi connectivity index (χ3n) is 3.51. The monoisotopic (exact) mass is 359 g/mol. The molecule has 3 N–H and O–H groups in total. The maximum atomic E-state index is 11.7. The van der Waals surface area contributed by atoms with Crippen LogP contribution < -0.4 is 16.0 Å². The molecule has 0 saturated heterocycles. The molecule has 6 nitrogen and oxygen atoms in total. The van der Waals surface area contributed by atoms with Gasteiger partial charge in [0, 0.05) is 36.3 Å². The van der Waals surface area contributed by atoms with E-state index in [1.807, 2.05) is 51.2 Å². The normalized spacial score (nSPS) is 11.5. The number of benzene rings is 1. The average Bonchev–Trinajstić information content (AvgIpc) is 3.01. The lowest BCUT2D eigenvalue weighted by Crippen LogP contribution is -2.36. The van der Waals surface area contributed by atoms with Gasteiger partial charge in [0.1, 0.15) is 5.01 Å². The minimum Gasteiger partial charge on any atom is -0.352 e. The molecule has 1 amide bonds. The molecule has 2 rings (SSSR count). The summed E-state index contributed by atoms with van der Waals surface area (Å²) in [7, 11) is 1.74. The molecular weight excluding hydrogens is 334 g/mol. The number of aromatic nitrogens is 1. The Balaban J connectivity index is 1.81. The number of anilines is 1. The molecule has 0 saturated carbocycles. The van der Waals surface area contributed by atoms with Crippen molar-refractivity contribution in [3.05, 3.63) is 45.9 Å². The predicted molar refractivity (Wildman–Crippen MR) is 104 cm³/mol. The molecule has 25 heavy (non-hydrogen) atoms. The number of aryl methyl sites for hydroxylation is 1. The van der Waals surface area contributed by atoms with Crippen molar-refractivity contribution < 1.29 is 4.79 Å². The molecule has 7 heteroatoms. The lowest BCUT2D eigenvalue weighted by Gasteiger charge is -2.12. The molecule has 0 spiro atoms. The van der Waals surface area contributed by atoms with E-state index in [1.165, 1.54) is 4.88 Å². The van der Waals surface area contributed by atoms with Crippen LogP contribution in [0, 0.1) is 12.8 Å². The van der Waals surface area contributed by atoms with Crippen molar-refractivity contribution in [2.45, 2.75) is 33.9 Å². The maximum Gasteiger partial charge on any atom is 0.226 e. The van der Waals surface area contributed by atoms with E-state index in [0.717, 1.165) is 22.2 Å². The van der Waals surface area contributed by atoms with Gasteiger partial charge in [-0.2, -0.15) is 0 Å². The standard InChI is InChI=1S/C18H25N5OS/c1-12(2)17(24)23-15-7-5-14(6-8-15)10-21-18(19-4)22-11-16-20-9-13(3)25-16/h5-9,12H,10-11H2,1-4H3,(H,23,24)(H2,19,21,22). The molecule has 0 fully saturated rings. The summed E-state index contributed by atoms with van der Waals surface area (Å²) in [6.07, 6.45) is 1.87. The van der Waals surface area contributed by atoms with Crippen molar-refractivity contribution >= 4 is 28.9 Å². The van der Waals surface area contributed by atoms with Gasteiger partial charge in [0.25, 0.3) is 0 Å². The van der Waals surface area contributed by atoms with Crippen molar-refractivity contribution in [2.75, 3.05) is 12.4 Å². The fraction of sp³-hybridized carbons (Fsp3) is 0.389. The van der Waals surface area contributed by atoms with Crippen molar-refractivity contribution in [3.8, 4) is 0 Å². The fourth-order valence-electron chi connectivity index (χ4n) is 2.04. The van der Waals surface area contributed by atoms with Crippen LogP contribution in [0.4, 0.5) is 5.69 Å². The molecule has 0 aliphatic carbocycles. The molecule has 0 radical (unpaired) electrons. The Morgan fingerprint density at radius 3 is 2.44 bits per heavy atom. The van der Waals surface area contributed by atoms with E-state index < -0.39 is 0 Å². The largest absolute Gasteiger partial charge is 0.352 e. The fourth-order valence-corrected chi connectivity index (χ4v) is 2.77. The number of nitrogens with one attached hydrogen (secondary N) is 3. The van der Waals surface area contributed by atoms with Gasteiger partial charge < -0.3 is 16.0 Å². The topological polar surface area (TPSA) is 78.4 Å². The van der Waals surface area contributed by atoms with Crippen LogP contribution in [0.15, 0.2) is 35.5 Å². The molecule has 0 bridgehead atoms. The van der Waals surface area contributed by atoms with Crippen LogP contribution in [0.25, 0.3) is 0 Å². The number of hydrogen-bond acceptors (Lipinski definition) is 4. The van der Waals surface area contributed by atoms with Gasteiger partial charge in [0.15, 0.2) is 5.96 Å². The summed E-state index contributed by atoms with van der Waals surface area (Å²) in [6, 6.07) is 7.79. The lowest BCUT2D eigenvalue weighted by atomic mass is 10.1. The number of carbonyl (C=O) groups excluding carboxylic acids is 1. The third kappa shape index (κ3) is 6.19. The maximum absolute atomic E-state index is 11.7. The van der Waals surface area contributed by atoms with Gasteiger partial charge in [-0.15, -0.1) is 11.3 Å². The van der Waals surface area contributed by atoms with E-state index in [2.05, 4.69) is 25.9 Å². The SMILES string of the molecule is CN=C(NCc1ccc(NC(=O)C(C)C)cc1)NCc1ncc(C)s1. The molecule has 1 aromatic heterocycles. The van der Waals surface area contributed by atoms with Gasteiger partial charge in [-0.05, 0) is 24.6 Å². The van der Waals surface area contributed by atoms with Gasteiger partial charge in [0.2, 0.25) is 5.91 Å². The van der Waals surface area contributed by atoms with Crippen LogP contribution >= 0.6 is 11.3 Å². The highest BCUT2D eigenvalue weighted by atomic mass is 32.1. The minimum absolute atomic E-state index is 0.0212. The molecule has 1 heterocycles. The first-order chi connectivity index (χ1) is 12.0. The number of nitrogens with zero attached hydrogens (tertiary/aromatic N) is 2. The van der Waals surface area contributed by atoms with E-state index >= 15 is 0 Å². The highest BCUT2D eigenvalue weighted by molar-refractivity contribution is 7.11. The third-order valence-corrected chi connectivity index (χ3v) is 4.42. The minimum atomic E-state index is -0.0302. The highest BCUT2D eigenvalue weighted by Crippen LogP contribution is 2.11. The van der Waals surface area contributed by atoms with Crippen LogP contribution in [-0.2, 0) is 17.9 Å². The number of thiazole rings is 1. The Labute approximate surface area is 152 Å². The zero-order chi connectivity index (χ0) is 18.2. The summed E-state index contributed by atoms with van der Waals surface area (Å²) in [4.78, 5) is 21.4. The lowest BCUT2D eigenvalue weighted by molar-refractivity contribution is -0.118. The zero-order valence-electron chi connectivity index (χ0n) is 15.1. The van der Waals surface area contributed by atoms with E-state index in [4.69, 9.17) is 0 Å². The Morgan fingerprint density at radius 1 is 1.20 bits per heavy atom. The van der Waals surface area contributed by atoms with Crippen LogP contribution in [-0.4, -0.2) is 23.9 Å². The summed E-state index contributed by atoms with van der Waals surface area (Å²) in [5.74, 6) is 0.718. The Morgan fingerprint density at radius 2 is 1.88 bits per heavy atom. The van der Waals surface area contributed by atoms with Gasteiger partial charge in [0.05, 0.1) is 6.54 Å². The van der Waals surface area contributed by atoms with Crippen LogP contribution in [0.3, 0.4) is 0 Å². The van der Waals surface area contributed by atoms with Crippen molar-refractivity contribution in [3.63, 3.8) is 0 Å². The van der Waals surface area contributed by atoms with Crippen LogP contribution in [0.2, 0.25) is 0 Å². The molecular formula is C18H25N5OS. The van der Waals surface area contributed by atoms with Crippen molar-refractivity contribution in [1.29, 1.82) is 0 Å². The number of hydrogen-bond donors (Lipinski definition) is 3. The number of rotatable bonds is 6. The summed E-state index contributed by atoms with van der Waals surface area (Å²) >= 11 is 1.67. The first kappa shape index (κ1) is 18.9. The first-order valence-electron chi connectivity index (χ1n) is 8.23. The van der Waals surface area contributed by atoms with Crippen LogP contribution in [0.5, 0.6) is 0 Å². The molecule has 0 atom stereocenters. The van der Waals surface area contributed by atoms with Gasteiger partial charge in [-0.1, -0.05) is 26.0 Å². The molecule has 1 aromatic carbocycles. The van der Waals surface area contributed by atoms with E-state index in [9.17, 15) is 4.79 Å². The Kier molecular flexibility index (Phi) is 6.94. The second-order valence-corrected chi connectivity index (χ2v) is 7.30. The highest BCUT2D eigenvalue weighted by Gasteiger charge is 2.07.